The lowest BCUT2D eigenvalue weighted by Gasteiger charge is -2.14. The van der Waals surface area contributed by atoms with Crippen molar-refractivity contribution in [1.82, 2.24) is 9.97 Å². The summed E-state index contributed by atoms with van der Waals surface area (Å²) >= 11 is 0. The Bertz CT molecular complexity index is 230. The number of rotatable bonds is 5. The molecule has 13 heavy (non-hydrogen) atoms. The van der Waals surface area contributed by atoms with Gasteiger partial charge in [-0.2, -0.15) is 0 Å². The van der Waals surface area contributed by atoms with Crippen molar-refractivity contribution in [1.29, 1.82) is 0 Å². The summed E-state index contributed by atoms with van der Waals surface area (Å²) in [6, 6.07) is -0.137. The molecular formula is C8H13N3O2. The number of aromatic nitrogens is 2. The van der Waals surface area contributed by atoms with Gasteiger partial charge in [-0.25, -0.2) is 4.98 Å². The first-order chi connectivity index (χ1) is 6.36. The van der Waals surface area contributed by atoms with Crippen molar-refractivity contribution < 1.29 is 9.84 Å². The van der Waals surface area contributed by atoms with Crippen molar-refractivity contribution in [2.75, 3.05) is 25.6 Å². The molecule has 1 unspecified atom stereocenters. The molecule has 0 amide bonds. The molecule has 0 aromatic carbocycles. The Balaban J connectivity index is 2.46. The maximum Gasteiger partial charge on any atom is 0.144 e. The van der Waals surface area contributed by atoms with Crippen LogP contribution in [0.4, 0.5) is 5.82 Å². The fraction of sp³-hybridized carbons (Fsp3) is 0.500. The molecule has 1 aromatic rings. The molecule has 0 saturated carbocycles. The second-order valence-electron chi connectivity index (χ2n) is 2.57. The minimum absolute atomic E-state index is 0.00438. The van der Waals surface area contributed by atoms with Crippen LogP contribution >= 0.6 is 0 Å². The molecular weight excluding hydrogens is 170 g/mol. The van der Waals surface area contributed by atoms with Crippen molar-refractivity contribution in [2.45, 2.75) is 6.04 Å². The average molecular weight is 183 g/mol. The summed E-state index contributed by atoms with van der Waals surface area (Å²) in [5.74, 6) is 0.638. The van der Waals surface area contributed by atoms with E-state index in [2.05, 4.69) is 15.3 Å². The Kier molecular flexibility index (Phi) is 4.14. The van der Waals surface area contributed by atoms with Gasteiger partial charge in [0.25, 0.3) is 0 Å². The van der Waals surface area contributed by atoms with E-state index in [1.54, 1.807) is 25.7 Å². The van der Waals surface area contributed by atoms with Gasteiger partial charge in [-0.05, 0) is 0 Å². The van der Waals surface area contributed by atoms with E-state index >= 15 is 0 Å². The number of aliphatic hydroxyl groups is 1. The molecule has 0 radical (unpaired) electrons. The van der Waals surface area contributed by atoms with Gasteiger partial charge in [-0.3, -0.25) is 4.98 Å². The molecule has 0 aliphatic rings. The van der Waals surface area contributed by atoms with Gasteiger partial charge in [0, 0.05) is 19.5 Å². The molecule has 0 saturated heterocycles. The third-order valence-corrected chi connectivity index (χ3v) is 1.50. The van der Waals surface area contributed by atoms with E-state index < -0.39 is 0 Å². The molecule has 1 atom stereocenters. The van der Waals surface area contributed by atoms with Gasteiger partial charge < -0.3 is 15.2 Å². The van der Waals surface area contributed by atoms with Crippen LogP contribution in [0.5, 0.6) is 0 Å². The molecule has 1 aromatic heterocycles. The number of aliphatic hydroxyl groups excluding tert-OH is 1. The first-order valence-electron chi connectivity index (χ1n) is 3.99. The standard InChI is InChI=1S/C8H13N3O2/c1-13-6-7(5-12)11-8-4-9-2-3-10-8/h2-4,7,12H,5-6H2,1H3,(H,10,11). The van der Waals surface area contributed by atoms with Gasteiger partial charge >= 0.3 is 0 Å². The van der Waals surface area contributed by atoms with E-state index in [4.69, 9.17) is 9.84 Å². The predicted octanol–water partition coefficient (Wildman–Crippen LogP) is -0.104. The van der Waals surface area contributed by atoms with Crippen LogP contribution in [-0.4, -0.2) is 41.4 Å². The molecule has 0 spiro atoms. The molecule has 1 heterocycles. The van der Waals surface area contributed by atoms with Crippen LogP contribution in [0.25, 0.3) is 0 Å². The Morgan fingerprint density at radius 3 is 3.00 bits per heavy atom. The van der Waals surface area contributed by atoms with Gasteiger partial charge in [0.1, 0.15) is 5.82 Å². The quantitative estimate of drug-likeness (QED) is 0.667. The number of nitrogens with zero attached hydrogens (tertiary/aromatic N) is 2. The normalized spacial score (nSPS) is 12.5. The lowest BCUT2D eigenvalue weighted by molar-refractivity contribution is 0.153. The van der Waals surface area contributed by atoms with E-state index in [1.807, 2.05) is 0 Å². The third-order valence-electron chi connectivity index (χ3n) is 1.50. The van der Waals surface area contributed by atoms with Crippen molar-refractivity contribution in [3.8, 4) is 0 Å². The number of hydrogen-bond acceptors (Lipinski definition) is 5. The van der Waals surface area contributed by atoms with Crippen LogP contribution in [0, 0.1) is 0 Å². The van der Waals surface area contributed by atoms with Crippen LogP contribution in [0.15, 0.2) is 18.6 Å². The lowest BCUT2D eigenvalue weighted by Crippen LogP contribution is -2.29. The monoisotopic (exact) mass is 183 g/mol. The highest BCUT2D eigenvalue weighted by Crippen LogP contribution is 2.00. The van der Waals surface area contributed by atoms with Gasteiger partial charge in [0.15, 0.2) is 0 Å². The van der Waals surface area contributed by atoms with E-state index in [9.17, 15) is 0 Å². The molecule has 0 fully saturated rings. The maximum absolute atomic E-state index is 8.93. The van der Waals surface area contributed by atoms with Crippen molar-refractivity contribution in [3.63, 3.8) is 0 Å². The molecule has 5 nitrogen and oxygen atoms in total. The Hall–Kier alpha value is -1.20. The maximum atomic E-state index is 8.93. The lowest BCUT2D eigenvalue weighted by atomic mass is 10.3. The largest absolute Gasteiger partial charge is 0.394 e. The topological polar surface area (TPSA) is 67.3 Å². The van der Waals surface area contributed by atoms with Crippen LogP contribution in [0.2, 0.25) is 0 Å². The average Bonchev–Trinajstić information content (AvgIpc) is 2.19. The van der Waals surface area contributed by atoms with Crippen LogP contribution in [0.1, 0.15) is 0 Å². The summed E-state index contributed by atoms with van der Waals surface area (Å²) in [5, 5.41) is 11.9. The summed E-state index contributed by atoms with van der Waals surface area (Å²) < 4.78 is 4.90. The van der Waals surface area contributed by atoms with Crippen LogP contribution < -0.4 is 5.32 Å². The molecule has 5 heteroatoms. The van der Waals surface area contributed by atoms with Crippen molar-refractivity contribution >= 4 is 5.82 Å². The fourth-order valence-electron chi connectivity index (χ4n) is 0.924. The SMILES string of the molecule is COCC(CO)Nc1cnccn1. The first kappa shape index (κ1) is 9.88. The zero-order valence-electron chi connectivity index (χ0n) is 7.47. The summed E-state index contributed by atoms with van der Waals surface area (Å²) in [5.41, 5.74) is 0. The van der Waals surface area contributed by atoms with E-state index in [0.717, 1.165) is 0 Å². The smallest absolute Gasteiger partial charge is 0.144 e. The van der Waals surface area contributed by atoms with Crippen molar-refractivity contribution in [3.05, 3.63) is 18.6 Å². The molecule has 72 valence electrons. The summed E-state index contributed by atoms with van der Waals surface area (Å²) in [4.78, 5) is 7.89. The summed E-state index contributed by atoms with van der Waals surface area (Å²) in [6.07, 6.45) is 4.78. The zero-order chi connectivity index (χ0) is 9.52. The van der Waals surface area contributed by atoms with E-state index in [0.29, 0.717) is 12.4 Å². The Morgan fingerprint density at radius 1 is 1.62 bits per heavy atom. The van der Waals surface area contributed by atoms with Crippen molar-refractivity contribution in [2.24, 2.45) is 0 Å². The van der Waals surface area contributed by atoms with Crippen LogP contribution in [0.3, 0.4) is 0 Å². The first-order valence-corrected chi connectivity index (χ1v) is 3.99. The highest BCUT2D eigenvalue weighted by Gasteiger charge is 2.06. The van der Waals surface area contributed by atoms with Gasteiger partial charge in [-0.1, -0.05) is 0 Å². The second-order valence-corrected chi connectivity index (χ2v) is 2.57. The Morgan fingerprint density at radius 2 is 2.46 bits per heavy atom. The van der Waals surface area contributed by atoms with E-state index in [-0.39, 0.29) is 12.6 Å². The van der Waals surface area contributed by atoms with Gasteiger partial charge in [0.2, 0.25) is 0 Å². The highest BCUT2D eigenvalue weighted by molar-refractivity contribution is 5.31. The molecule has 1 rings (SSSR count). The van der Waals surface area contributed by atoms with Gasteiger partial charge in [0.05, 0.1) is 25.5 Å². The Labute approximate surface area is 76.8 Å². The minimum Gasteiger partial charge on any atom is -0.394 e. The predicted molar refractivity (Wildman–Crippen MR) is 48.4 cm³/mol. The molecule has 2 N–H and O–H groups in total. The highest BCUT2D eigenvalue weighted by atomic mass is 16.5. The number of nitrogens with one attached hydrogen (secondary N) is 1. The number of anilines is 1. The van der Waals surface area contributed by atoms with E-state index in [1.165, 1.54) is 0 Å². The fourth-order valence-corrected chi connectivity index (χ4v) is 0.924. The number of ether oxygens (including phenoxy) is 1. The number of methoxy groups -OCH3 is 1. The molecule has 0 bridgehead atoms. The summed E-state index contributed by atoms with van der Waals surface area (Å²) in [6.45, 7) is 0.442. The van der Waals surface area contributed by atoms with Gasteiger partial charge in [-0.15, -0.1) is 0 Å². The second kappa shape index (κ2) is 5.45. The minimum atomic E-state index is -0.137. The number of hydrogen-bond donors (Lipinski definition) is 2. The zero-order valence-corrected chi connectivity index (χ0v) is 7.47. The molecule has 0 aliphatic carbocycles. The molecule has 0 aliphatic heterocycles. The van der Waals surface area contributed by atoms with Crippen LogP contribution in [-0.2, 0) is 4.74 Å². The summed E-state index contributed by atoms with van der Waals surface area (Å²) in [7, 11) is 1.58. The third kappa shape index (κ3) is 3.35.